The zero-order chi connectivity index (χ0) is 14.8. The predicted octanol–water partition coefficient (Wildman–Crippen LogP) is 5.24. The van der Waals surface area contributed by atoms with Gasteiger partial charge in [-0.25, -0.2) is 0 Å². The van der Waals surface area contributed by atoms with Crippen molar-refractivity contribution < 1.29 is 0 Å². The van der Waals surface area contributed by atoms with Gasteiger partial charge in [-0.2, -0.15) is 21.0 Å². The summed E-state index contributed by atoms with van der Waals surface area (Å²) in [6, 6.07) is 8.96. The molecule has 0 N–H and O–H groups in total. The first-order valence-electron chi connectivity index (χ1n) is 6.37. The summed E-state index contributed by atoms with van der Waals surface area (Å²) < 4.78 is 0. The smallest absolute Gasteiger partial charge is 0.0625 e. The molecular formula is C12H16N4P4. The zero-order valence-electron chi connectivity index (χ0n) is 11.2. The van der Waals surface area contributed by atoms with Gasteiger partial charge in [0.15, 0.2) is 0 Å². The third-order valence-corrected chi connectivity index (χ3v) is 39.2. The van der Waals surface area contributed by atoms with Crippen molar-refractivity contribution in [3.8, 4) is 24.3 Å². The highest BCUT2D eigenvalue weighted by Crippen LogP contribution is 3.20. The maximum Gasteiger partial charge on any atom is 0.0625 e. The SMILES string of the molecule is N#CCCP1P(CCC#N)P(CCC#N)P1CCC#N. The average Bonchev–Trinajstić information content (AvgIpc) is 2.45. The normalized spacial score (nSPS) is 27.4. The molecule has 1 saturated heterocycles. The monoisotopic (exact) mass is 340 g/mol. The van der Waals surface area contributed by atoms with Crippen molar-refractivity contribution in [1.29, 1.82) is 21.0 Å². The lowest BCUT2D eigenvalue weighted by molar-refractivity contribution is 1.22. The quantitative estimate of drug-likeness (QED) is 0.564. The molecule has 1 aliphatic rings. The Kier molecular flexibility index (Phi) is 9.23. The van der Waals surface area contributed by atoms with Crippen molar-refractivity contribution in [1.82, 2.24) is 0 Å². The Morgan fingerprint density at radius 2 is 0.650 bits per heavy atom. The van der Waals surface area contributed by atoms with E-state index in [4.69, 9.17) is 21.0 Å². The Hall–Kier alpha value is -0.320. The largest absolute Gasteiger partial charge is 0.198 e. The number of hydrogen-bond acceptors (Lipinski definition) is 4. The van der Waals surface area contributed by atoms with Gasteiger partial charge in [0.25, 0.3) is 0 Å². The van der Waals surface area contributed by atoms with Gasteiger partial charge in [-0.05, 0) is 53.8 Å². The fourth-order valence-electron chi connectivity index (χ4n) is 1.97. The first-order valence-corrected chi connectivity index (χ1v) is 15.3. The summed E-state index contributed by atoms with van der Waals surface area (Å²) in [6.45, 7) is 0. The highest BCUT2D eigenvalue weighted by Gasteiger charge is 2.47. The Balaban J connectivity index is 2.69. The van der Waals surface area contributed by atoms with Crippen LogP contribution in [-0.4, -0.2) is 24.6 Å². The van der Waals surface area contributed by atoms with Crippen LogP contribution in [0.3, 0.4) is 0 Å². The Labute approximate surface area is 125 Å². The van der Waals surface area contributed by atoms with E-state index in [0.29, 0.717) is 25.7 Å². The third-order valence-electron chi connectivity index (χ3n) is 2.76. The molecular weight excluding hydrogens is 324 g/mol. The van der Waals surface area contributed by atoms with Crippen molar-refractivity contribution in [2.75, 3.05) is 24.6 Å². The van der Waals surface area contributed by atoms with Crippen LogP contribution in [0.15, 0.2) is 0 Å². The van der Waals surface area contributed by atoms with Crippen molar-refractivity contribution in [2.24, 2.45) is 0 Å². The highest BCUT2D eigenvalue weighted by molar-refractivity contribution is 9.08. The molecule has 4 nitrogen and oxygen atoms in total. The summed E-state index contributed by atoms with van der Waals surface area (Å²) in [5.74, 6) is 0. The third kappa shape index (κ3) is 4.90. The molecule has 0 amide bonds. The Morgan fingerprint density at radius 3 is 0.800 bits per heavy atom. The summed E-state index contributed by atoms with van der Waals surface area (Å²) in [6.07, 6.45) is 6.48. The molecule has 0 aliphatic carbocycles. The number of nitrogens with zero attached hydrogens (tertiary/aromatic N) is 4. The number of nitriles is 4. The van der Waals surface area contributed by atoms with E-state index in [1.165, 1.54) is 0 Å². The van der Waals surface area contributed by atoms with Gasteiger partial charge in [-0.3, -0.25) is 0 Å². The second-order valence-electron chi connectivity index (χ2n) is 4.02. The first kappa shape index (κ1) is 17.7. The van der Waals surface area contributed by atoms with Crippen LogP contribution in [0.4, 0.5) is 0 Å². The van der Waals surface area contributed by atoms with Crippen molar-refractivity contribution in [3.05, 3.63) is 0 Å². The fraction of sp³-hybridized carbons (Fsp3) is 0.667. The summed E-state index contributed by atoms with van der Waals surface area (Å²) >= 11 is 0. The molecule has 0 saturated carbocycles. The molecule has 8 heteroatoms. The minimum absolute atomic E-state index is 0.0853. The van der Waals surface area contributed by atoms with E-state index < -0.39 is 0 Å². The molecule has 0 atom stereocenters. The van der Waals surface area contributed by atoms with Gasteiger partial charge in [0.2, 0.25) is 0 Å². The van der Waals surface area contributed by atoms with Crippen LogP contribution < -0.4 is 0 Å². The lowest BCUT2D eigenvalue weighted by atomic mass is 10.6. The van der Waals surface area contributed by atoms with Crippen LogP contribution >= 0.6 is 29.2 Å². The Morgan fingerprint density at radius 1 is 0.450 bits per heavy atom. The molecule has 0 aromatic carbocycles. The number of rotatable bonds is 8. The lowest BCUT2D eigenvalue weighted by Crippen LogP contribution is -2.00. The summed E-state index contributed by atoms with van der Waals surface area (Å²) in [4.78, 5) is 0. The van der Waals surface area contributed by atoms with E-state index in [1.807, 2.05) is 0 Å². The molecule has 1 heterocycles. The van der Waals surface area contributed by atoms with Gasteiger partial charge >= 0.3 is 0 Å². The van der Waals surface area contributed by atoms with Crippen LogP contribution in [0.25, 0.3) is 0 Å². The molecule has 1 fully saturated rings. The maximum absolute atomic E-state index is 8.80. The summed E-state index contributed by atoms with van der Waals surface area (Å²) in [5, 5.41) is 35.2. The molecule has 0 bridgehead atoms. The summed E-state index contributed by atoms with van der Waals surface area (Å²) in [5.41, 5.74) is 0. The van der Waals surface area contributed by atoms with Gasteiger partial charge in [-0.1, -0.05) is 0 Å². The topological polar surface area (TPSA) is 95.2 Å². The van der Waals surface area contributed by atoms with E-state index in [9.17, 15) is 0 Å². The summed E-state index contributed by atoms with van der Waals surface area (Å²) in [7, 11) is -0.341. The zero-order valence-corrected chi connectivity index (χ0v) is 14.8. The standard InChI is InChI=1S/C12H16N4P4/c13-5-1-9-17-18(10-2-6-14)20(12-4-8-16)19(17)11-3-7-15/h1-4,9-12H2. The van der Waals surface area contributed by atoms with Crippen LogP contribution in [-0.2, 0) is 0 Å². The van der Waals surface area contributed by atoms with Gasteiger partial charge < -0.3 is 0 Å². The van der Waals surface area contributed by atoms with E-state index in [1.54, 1.807) is 0 Å². The highest BCUT2D eigenvalue weighted by atomic mass is 33.0. The van der Waals surface area contributed by atoms with E-state index >= 15 is 0 Å². The van der Waals surface area contributed by atoms with Crippen LogP contribution in [0.2, 0.25) is 0 Å². The van der Waals surface area contributed by atoms with Crippen molar-refractivity contribution in [2.45, 2.75) is 25.7 Å². The van der Waals surface area contributed by atoms with Gasteiger partial charge in [0, 0.05) is 25.7 Å². The minimum atomic E-state index is -0.0853. The molecule has 1 aliphatic heterocycles. The maximum atomic E-state index is 8.80. The second kappa shape index (κ2) is 10.4. The molecule has 104 valence electrons. The van der Waals surface area contributed by atoms with Crippen LogP contribution in [0, 0.1) is 45.3 Å². The molecule has 0 aromatic rings. The molecule has 0 unspecified atom stereocenters. The van der Waals surface area contributed by atoms with E-state index in [0.717, 1.165) is 24.6 Å². The van der Waals surface area contributed by atoms with Crippen molar-refractivity contribution in [3.63, 3.8) is 0 Å². The van der Waals surface area contributed by atoms with Crippen molar-refractivity contribution >= 4 is 29.2 Å². The van der Waals surface area contributed by atoms with Crippen LogP contribution in [0.1, 0.15) is 25.7 Å². The first-order chi connectivity index (χ1) is 9.79. The molecule has 1 rings (SSSR count). The molecule has 0 radical (unpaired) electrons. The van der Waals surface area contributed by atoms with Crippen LogP contribution in [0.5, 0.6) is 0 Å². The Bertz CT molecular complexity index is 374. The van der Waals surface area contributed by atoms with Gasteiger partial charge in [-0.15, -0.1) is 0 Å². The minimum Gasteiger partial charge on any atom is -0.198 e. The predicted molar refractivity (Wildman–Crippen MR) is 88.1 cm³/mol. The fourth-order valence-corrected chi connectivity index (χ4v) is 45.3. The average molecular weight is 340 g/mol. The van der Waals surface area contributed by atoms with E-state index in [2.05, 4.69) is 24.3 Å². The van der Waals surface area contributed by atoms with E-state index in [-0.39, 0.29) is 29.2 Å². The molecule has 0 spiro atoms. The van der Waals surface area contributed by atoms with Gasteiger partial charge in [0.05, 0.1) is 24.3 Å². The van der Waals surface area contributed by atoms with Gasteiger partial charge in [0.1, 0.15) is 0 Å². The molecule has 0 aromatic heterocycles. The molecule has 20 heavy (non-hydrogen) atoms. The second-order valence-corrected chi connectivity index (χ2v) is 24.2. The lowest BCUT2D eigenvalue weighted by Gasteiger charge is -2.53. The number of hydrogen-bond donors (Lipinski definition) is 0.